The maximum atomic E-state index is 4.66. The molecule has 22 heavy (non-hydrogen) atoms. The monoisotopic (exact) mass is 306 g/mol. The van der Waals surface area contributed by atoms with Gasteiger partial charge in [-0.15, -0.1) is 0 Å². The Balaban J connectivity index is 2.12. The number of rotatable bonds is 3. The molecule has 3 rings (SSSR count). The second kappa shape index (κ2) is 6.32. The lowest BCUT2D eigenvalue weighted by atomic mass is 10.1. The van der Waals surface area contributed by atoms with E-state index in [9.17, 15) is 0 Å². The van der Waals surface area contributed by atoms with Gasteiger partial charge in [-0.2, -0.15) is 0 Å². The highest BCUT2D eigenvalue weighted by molar-refractivity contribution is 7.98. The van der Waals surface area contributed by atoms with E-state index in [1.807, 2.05) is 6.26 Å². The summed E-state index contributed by atoms with van der Waals surface area (Å²) in [4.78, 5) is 9.31. The first-order valence-electron chi connectivity index (χ1n) is 7.23. The first-order valence-corrected chi connectivity index (χ1v) is 8.45. The molecule has 0 saturated heterocycles. The summed E-state index contributed by atoms with van der Waals surface area (Å²) in [6, 6.07) is 18.9. The van der Waals surface area contributed by atoms with Crippen LogP contribution >= 0.6 is 11.8 Å². The molecule has 0 saturated carbocycles. The number of benzene rings is 2. The minimum atomic E-state index is 0.801. The quantitative estimate of drug-likeness (QED) is 0.494. The van der Waals surface area contributed by atoms with Crippen molar-refractivity contribution in [2.75, 3.05) is 6.26 Å². The Labute approximate surface area is 135 Å². The molecule has 0 spiro atoms. The molecule has 0 aliphatic carbocycles. The fourth-order valence-corrected chi connectivity index (χ4v) is 2.72. The van der Waals surface area contributed by atoms with Crippen molar-refractivity contribution in [1.29, 1.82) is 0 Å². The standard InChI is InChI=1S/C19H18N2S/c1-13-7-9-15(10-8-13)17-12-18(21-19(20-17)22-3)16-6-4-5-14(2)11-16/h4-12H,1-3H3. The molecule has 1 aromatic heterocycles. The molecule has 0 bridgehead atoms. The molecule has 0 fully saturated rings. The molecule has 0 atom stereocenters. The summed E-state index contributed by atoms with van der Waals surface area (Å²) in [7, 11) is 0. The molecule has 0 aliphatic heterocycles. The summed E-state index contributed by atoms with van der Waals surface area (Å²) in [5, 5.41) is 0.801. The number of nitrogens with zero attached hydrogens (tertiary/aromatic N) is 2. The van der Waals surface area contributed by atoms with Crippen molar-refractivity contribution in [3.05, 3.63) is 65.7 Å². The van der Waals surface area contributed by atoms with Gasteiger partial charge in [-0.25, -0.2) is 9.97 Å². The Hall–Kier alpha value is -2.13. The fourth-order valence-electron chi connectivity index (χ4n) is 2.34. The predicted molar refractivity (Wildman–Crippen MR) is 94.2 cm³/mol. The molecule has 0 N–H and O–H groups in total. The van der Waals surface area contributed by atoms with Crippen molar-refractivity contribution in [1.82, 2.24) is 9.97 Å². The topological polar surface area (TPSA) is 25.8 Å². The molecule has 0 unspecified atom stereocenters. The summed E-state index contributed by atoms with van der Waals surface area (Å²) in [6.07, 6.45) is 2.01. The predicted octanol–water partition coefficient (Wildman–Crippen LogP) is 5.15. The highest BCUT2D eigenvalue weighted by Gasteiger charge is 2.08. The van der Waals surface area contributed by atoms with Crippen molar-refractivity contribution >= 4 is 11.8 Å². The van der Waals surface area contributed by atoms with Gasteiger partial charge in [0.15, 0.2) is 5.16 Å². The lowest BCUT2D eigenvalue weighted by Crippen LogP contribution is -1.94. The van der Waals surface area contributed by atoms with Crippen molar-refractivity contribution in [2.45, 2.75) is 19.0 Å². The summed E-state index contributed by atoms with van der Waals surface area (Å²) < 4.78 is 0. The molecule has 3 heteroatoms. The van der Waals surface area contributed by atoms with Crippen molar-refractivity contribution in [3.8, 4) is 22.5 Å². The van der Waals surface area contributed by atoms with Crippen LogP contribution in [0.4, 0.5) is 0 Å². The largest absolute Gasteiger partial charge is 0.222 e. The average Bonchev–Trinajstić information content (AvgIpc) is 2.55. The van der Waals surface area contributed by atoms with Gasteiger partial charge in [-0.05, 0) is 32.2 Å². The molecule has 2 aromatic carbocycles. The van der Waals surface area contributed by atoms with Crippen LogP contribution < -0.4 is 0 Å². The third-order valence-corrected chi connectivity index (χ3v) is 4.10. The summed E-state index contributed by atoms with van der Waals surface area (Å²) in [5.74, 6) is 0. The van der Waals surface area contributed by atoms with Crippen LogP contribution in [0.2, 0.25) is 0 Å². The molecule has 0 amide bonds. The highest BCUT2D eigenvalue weighted by Crippen LogP contribution is 2.26. The third kappa shape index (κ3) is 3.20. The highest BCUT2D eigenvalue weighted by atomic mass is 32.2. The zero-order chi connectivity index (χ0) is 15.5. The van der Waals surface area contributed by atoms with Crippen LogP contribution in [0.5, 0.6) is 0 Å². The molecule has 0 radical (unpaired) electrons. The SMILES string of the molecule is CSc1nc(-c2ccc(C)cc2)cc(-c2cccc(C)c2)n1. The maximum absolute atomic E-state index is 4.66. The van der Waals surface area contributed by atoms with E-state index in [1.54, 1.807) is 11.8 Å². The van der Waals surface area contributed by atoms with Crippen LogP contribution in [0.15, 0.2) is 59.8 Å². The maximum Gasteiger partial charge on any atom is 0.188 e. The van der Waals surface area contributed by atoms with E-state index in [-0.39, 0.29) is 0 Å². The Bertz CT molecular complexity index is 795. The lowest BCUT2D eigenvalue weighted by Gasteiger charge is -2.08. The Kier molecular flexibility index (Phi) is 4.25. The minimum Gasteiger partial charge on any atom is -0.222 e. The van der Waals surface area contributed by atoms with E-state index in [0.717, 1.165) is 27.7 Å². The molecular weight excluding hydrogens is 288 g/mol. The first kappa shape index (κ1) is 14.8. The summed E-state index contributed by atoms with van der Waals surface area (Å²) >= 11 is 1.57. The molecule has 2 nitrogen and oxygen atoms in total. The molecular formula is C19H18N2S. The fraction of sp³-hybridized carbons (Fsp3) is 0.158. The Morgan fingerprint density at radius 1 is 0.727 bits per heavy atom. The van der Waals surface area contributed by atoms with Crippen molar-refractivity contribution in [3.63, 3.8) is 0 Å². The van der Waals surface area contributed by atoms with E-state index >= 15 is 0 Å². The second-order valence-electron chi connectivity index (χ2n) is 5.36. The van der Waals surface area contributed by atoms with Gasteiger partial charge in [-0.1, -0.05) is 65.4 Å². The van der Waals surface area contributed by atoms with Crippen LogP contribution in [0, 0.1) is 13.8 Å². The molecule has 1 heterocycles. The van der Waals surface area contributed by atoms with Crippen LogP contribution in [-0.2, 0) is 0 Å². The van der Waals surface area contributed by atoms with Crippen LogP contribution in [0.3, 0.4) is 0 Å². The lowest BCUT2D eigenvalue weighted by molar-refractivity contribution is 0.982. The zero-order valence-electron chi connectivity index (χ0n) is 13.0. The number of aromatic nitrogens is 2. The smallest absolute Gasteiger partial charge is 0.188 e. The minimum absolute atomic E-state index is 0.801. The number of hydrogen-bond acceptors (Lipinski definition) is 3. The van der Waals surface area contributed by atoms with Crippen LogP contribution in [-0.4, -0.2) is 16.2 Å². The number of thioether (sulfide) groups is 1. The summed E-state index contributed by atoms with van der Waals surface area (Å²) in [5.41, 5.74) is 6.68. The van der Waals surface area contributed by atoms with Gasteiger partial charge >= 0.3 is 0 Å². The van der Waals surface area contributed by atoms with Gasteiger partial charge in [0.25, 0.3) is 0 Å². The van der Waals surface area contributed by atoms with E-state index in [2.05, 4.69) is 78.4 Å². The third-order valence-electron chi connectivity index (χ3n) is 3.55. The first-order chi connectivity index (χ1) is 10.7. The van der Waals surface area contributed by atoms with Crippen LogP contribution in [0.25, 0.3) is 22.5 Å². The normalized spacial score (nSPS) is 10.7. The second-order valence-corrected chi connectivity index (χ2v) is 6.13. The summed E-state index contributed by atoms with van der Waals surface area (Å²) in [6.45, 7) is 4.19. The van der Waals surface area contributed by atoms with Gasteiger partial charge in [0.2, 0.25) is 0 Å². The van der Waals surface area contributed by atoms with Gasteiger partial charge in [0.1, 0.15) is 0 Å². The Morgan fingerprint density at radius 3 is 2.05 bits per heavy atom. The van der Waals surface area contributed by atoms with Gasteiger partial charge in [-0.3, -0.25) is 0 Å². The van der Waals surface area contributed by atoms with E-state index in [0.29, 0.717) is 0 Å². The van der Waals surface area contributed by atoms with Crippen molar-refractivity contribution in [2.24, 2.45) is 0 Å². The van der Waals surface area contributed by atoms with E-state index < -0.39 is 0 Å². The van der Waals surface area contributed by atoms with Crippen molar-refractivity contribution < 1.29 is 0 Å². The Morgan fingerprint density at radius 2 is 1.41 bits per heavy atom. The molecule has 0 aliphatic rings. The number of aryl methyl sites for hydroxylation is 2. The van der Waals surface area contributed by atoms with Gasteiger partial charge in [0, 0.05) is 11.1 Å². The average molecular weight is 306 g/mol. The van der Waals surface area contributed by atoms with E-state index in [4.69, 9.17) is 0 Å². The molecule has 3 aromatic rings. The number of hydrogen-bond donors (Lipinski definition) is 0. The zero-order valence-corrected chi connectivity index (χ0v) is 13.8. The van der Waals surface area contributed by atoms with Gasteiger partial charge in [0.05, 0.1) is 11.4 Å². The van der Waals surface area contributed by atoms with Crippen LogP contribution in [0.1, 0.15) is 11.1 Å². The van der Waals surface area contributed by atoms with Gasteiger partial charge < -0.3 is 0 Å². The van der Waals surface area contributed by atoms with E-state index in [1.165, 1.54) is 11.1 Å². The molecule has 110 valence electrons.